The van der Waals surface area contributed by atoms with E-state index < -0.39 is 0 Å². The van der Waals surface area contributed by atoms with Crippen LogP contribution in [0.1, 0.15) is 24.0 Å². The number of urea groups is 1. The van der Waals surface area contributed by atoms with Crippen LogP contribution in [0, 0.1) is 0 Å². The Bertz CT molecular complexity index is 1270. The molecule has 0 aliphatic carbocycles. The van der Waals surface area contributed by atoms with Crippen LogP contribution >= 0.6 is 34.8 Å². The fourth-order valence-electron chi connectivity index (χ4n) is 5.24. The summed E-state index contributed by atoms with van der Waals surface area (Å²) in [5, 5.41) is 4.50. The molecule has 0 atom stereocenters. The molecule has 0 radical (unpaired) electrons. The van der Waals surface area contributed by atoms with Crippen molar-refractivity contribution in [2.24, 2.45) is 0 Å². The molecule has 5 rings (SSSR count). The highest BCUT2D eigenvalue weighted by atomic mass is 35.5. The second kappa shape index (κ2) is 10.6. The van der Waals surface area contributed by atoms with Gasteiger partial charge in [0.25, 0.3) is 0 Å². The molecule has 3 aromatic carbocycles. The fraction of sp³-hybridized carbons (Fsp3) is 0.321. The van der Waals surface area contributed by atoms with Gasteiger partial charge in [0, 0.05) is 35.3 Å². The van der Waals surface area contributed by atoms with E-state index in [1.807, 2.05) is 24.3 Å². The van der Waals surface area contributed by atoms with Crippen LogP contribution in [0.2, 0.25) is 15.1 Å². The third-order valence-corrected chi connectivity index (χ3v) is 8.10. The van der Waals surface area contributed by atoms with Gasteiger partial charge in [0.15, 0.2) is 0 Å². The second-order valence-electron chi connectivity index (χ2n) is 9.66. The molecular weight excluding hydrogens is 515 g/mol. The molecule has 3 aromatic rings. The third-order valence-electron chi connectivity index (χ3n) is 7.17. The van der Waals surface area contributed by atoms with Crippen molar-refractivity contribution in [2.45, 2.75) is 32.0 Å². The van der Waals surface area contributed by atoms with Gasteiger partial charge in [-0.1, -0.05) is 59.1 Å². The fourth-order valence-corrected chi connectivity index (χ4v) is 6.04. The number of carbonyl (C=O) groups excluding carboxylic acids is 1. The summed E-state index contributed by atoms with van der Waals surface area (Å²) < 4.78 is 0. The van der Waals surface area contributed by atoms with Crippen molar-refractivity contribution in [3.05, 3.63) is 80.8 Å². The van der Waals surface area contributed by atoms with Gasteiger partial charge in [-0.25, -0.2) is 4.79 Å². The number of likely N-dealkylation sites (tertiary alicyclic amines) is 1. The molecule has 188 valence electrons. The highest BCUT2D eigenvalue weighted by Gasteiger charge is 2.31. The number of hydrogen-bond donors (Lipinski definition) is 1. The normalized spacial score (nSPS) is 16.8. The minimum atomic E-state index is -0.258. The predicted octanol–water partition coefficient (Wildman–Crippen LogP) is 7.20. The van der Waals surface area contributed by atoms with Gasteiger partial charge >= 0.3 is 6.03 Å². The number of fused-ring (bicyclic) bond motifs is 1. The molecule has 1 saturated heterocycles. The van der Waals surface area contributed by atoms with E-state index in [1.165, 1.54) is 0 Å². The maximum Gasteiger partial charge on any atom is 0.326 e. The third kappa shape index (κ3) is 4.96. The molecule has 0 saturated carbocycles. The highest BCUT2D eigenvalue weighted by Crippen LogP contribution is 2.44. The van der Waals surface area contributed by atoms with Gasteiger partial charge in [0.1, 0.15) is 0 Å². The zero-order valence-electron chi connectivity index (χ0n) is 20.4. The summed E-state index contributed by atoms with van der Waals surface area (Å²) in [6.45, 7) is 3.24. The van der Waals surface area contributed by atoms with Gasteiger partial charge in [-0.2, -0.15) is 0 Å². The predicted molar refractivity (Wildman–Crippen MR) is 150 cm³/mol. The van der Waals surface area contributed by atoms with Gasteiger partial charge < -0.3 is 10.2 Å². The SMILES string of the molecule is CN(C)C1CCN(Cc2cc(-c3ccccc3Cl)c3c(c2)N(c2c(Cl)cccc2Cl)C(=O)NC3)CC1. The van der Waals surface area contributed by atoms with Crippen LogP contribution in [0.25, 0.3) is 11.1 Å². The smallest absolute Gasteiger partial charge is 0.326 e. The van der Waals surface area contributed by atoms with Gasteiger partial charge in [-0.3, -0.25) is 9.80 Å². The zero-order chi connectivity index (χ0) is 25.4. The lowest BCUT2D eigenvalue weighted by Crippen LogP contribution is -2.42. The first-order valence-electron chi connectivity index (χ1n) is 12.1. The quantitative estimate of drug-likeness (QED) is 0.370. The summed E-state index contributed by atoms with van der Waals surface area (Å²) in [5.74, 6) is 0. The molecule has 8 heteroatoms. The monoisotopic (exact) mass is 542 g/mol. The Balaban J connectivity index is 1.61. The topological polar surface area (TPSA) is 38.8 Å². The van der Waals surface area contributed by atoms with Crippen molar-refractivity contribution in [1.29, 1.82) is 0 Å². The molecule has 0 spiro atoms. The Morgan fingerprint density at radius 2 is 1.58 bits per heavy atom. The van der Waals surface area contributed by atoms with Crippen molar-refractivity contribution < 1.29 is 4.79 Å². The van der Waals surface area contributed by atoms with Crippen molar-refractivity contribution in [2.75, 3.05) is 32.1 Å². The first-order valence-corrected chi connectivity index (χ1v) is 13.3. The van der Waals surface area contributed by atoms with Gasteiger partial charge in [-0.05, 0) is 81.5 Å². The lowest BCUT2D eigenvalue weighted by Gasteiger charge is -2.36. The first-order chi connectivity index (χ1) is 17.3. The number of nitrogens with zero attached hydrogens (tertiary/aromatic N) is 3. The van der Waals surface area contributed by atoms with Crippen LogP contribution in [0.3, 0.4) is 0 Å². The van der Waals surface area contributed by atoms with E-state index in [1.54, 1.807) is 23.1 Å². The van der Waals surface area contributed by atoms with Crippen LogP contribution in [0.4, 0.5) is 16.2 Å². The number of rotatable bonds is 5. The van der Waals surface area contributed by atoms with Crippen LogP contribution in [0.15, 0.2) is 54.6 Å². The standard InChI is InChI=1S/C28H29Cl3N4O/c1-33(2)19-10-12-34(13-11-19)17-18-14-21(20-6-3-4-7-23(20)29)22-16-32-28(36)35(26(22)15-18)27-24(30)8-5-9-25(27)31/h3-9,14-15,19H,10-13,16-17H2,1-2H3,(H,32,36). The number of carbonyl (C=O) groups is 1. The van der Waals surface area contributed by atoms with E-state index in [9.17, 15) is 4.79 Å². The number of hydrogen-bond acceptors (Lipinski definition) is 3. The molecular formula is C28H29Cl3N4O. The van der Waals surface area contributed by atoms with E-state index in [2.05, 4.69) is 41.3 Å². The number of benzene rings is 3. The Labute approximate surface area is 227 Å². The lowest BCUT2D eigenvalue weighted by atomic mass is 9.93. The zero-order valence-corrected chi connectivity index (χ0v) is 22.7. The summed E-state index contributed by atoms with van der Waals surface area (Å²) in [7, 11) is 4.30. The molecule has 1 N–H and O–H groups in total. The van der Waals surface area contributed by atoms with Gasteiger partial charge in [0.2, 0.25) is 0 Å². The number of anilines is 2. The van der Waals surface area contributed by atoms with Crippen LogP contribution in [-0.4, -0.2) is 49.1 Å². The van der Waals surface area contributed by atoms with Crippen molar-refractivity contribution in [3.63, 3.8) is 0 Å². The molecule has 5 nitrogen and oxygen atoms in total. The number of amides is 2. The average Bonchev–Trinajstić information content (AvgIpc) is 2.85. The number of halogens is 3. The summed E-state index contributed by atoms with van der Waals surface area (Å²) in [6, 6.07) is 17.8. The van der Waals surface area contributed by atoms with Crippen LogP contribution in [-0.2, 0) is 13.1 Å². The van der Waals surface area contributed by atoms with Crippen molar-refractivity contribution >= 4 is 52.2 Å². The Morgan fingerprint density at radius 3 is 2.25 bits per heavy atom. The Hall–Kier alpha value is -2.28. The summed E-state index contributed by atoms with van der Waals surface area (Å²) in [5.41, 5.74) is 5.30. The minimum absolute atomic E-state index is 0.258. The molecule has 2 aliphatic rings. The first kappa shape index (κ1) is 25.4. The summed E-state index contributed by atoms with van der Waals surface area (Å²) >= 11 is 19.8. The van der Waals surface area contributed by atoms with Crippen molar-refractivity contribution in [1.82, 2.24) is 15.1 Å². The van der Waals surface area contributed by atoms with Crippen LogP contribution < -0.4 is 10.2 Å². The summed E-state index contributed by atoms with van der Waals surface area (Å²) in [6.07, 6.45) is 2.28. The molecule has 2 heterocycles. The van der Waals surface area contributed by atoms with E-state index in [0.29, 0.717) is 33.3 Å². The van der Waals surface area contributed by atoms with Crippen LogP contribution in [0.5, 0.6) is 0 Å². The van der Waals surface area contributed by atoms with E-state index in [-0.39, 0.29) is 6.03 Å². The van der Waals surface area contributed by atoms with E-state index in [0.717, 1.165) is 60.4 Å². The maximum absolute atomic E-state index is 13.2. The van der Waals surface area contributed by atoms with Gasteiger partial charge in [-0.15, -0.1) is 0 Å². The molecule has 2 amide bonds. The van der Waals surface area contributed by atoms with Gasteiger partial charge in [0.05, 0.1) is 21.4 Å². The number of piperidine rings is 1. The Morgan fingerprint density at radius 1 is 0.917 bits per heavy atom. The van der Waals surface area contributed by atoms with E-state index >= 15 is 0 Å². The lowest BCUT2D eigenvalue weighted by molar-refractivity contribution is 0.140. The molecule has 1 fully saturated rings. The molecule has 36 heavy (non-hydrogen) atoms. The highest BCUT2D eigenvalue weighted by molar-refractivity contribution is 6.40. The molecule has 0 aromatic heterocycles. The molecule has 2 aliphatic heterocycles. The van der Waals surface area contributed by atoms with E-state index in [4.69, 9.17) is 34.8 Å². The largest absolute Gasteiger partial charge is 0.333 e. The second-order valence-corrected chi connectivity index (χ2v) is 10.9. The molecule has 0 bridgehead atoms. The Kier molecular flexibility index (Phi) is 7.47. The average molecular weight is 544 g/mol. The number of nitrogens with one attached hydrogen (secondary N) is 1. The minimum Gasteiger partial charge on any atom is -0.333 e. The molecule has 0 unspecified atom stereocenters. The maximum atomic E-state index is 13.2. The summed E-state index contributed by atoms with van der Waals surface area (Å²) in [4.78, 5) is 19.6. The van der Waals surface area contributed by atoms with Crippen molar-refractivity contribution in [3.8, 4) is 11.1 Å². The number of para-hydroxylation sites is 1.